The molecule has 0 aromatic carbocycles. The van der Waals surface area contributed by atoms with Gasteiger partial charge in [-0.05, 0) is 32.7 Å². The first-order valence-electron chi connectivity index (χ1n) is 5.61. The van der Waals surface area contributed by atoms with Crippen molar-refractivity contribution in [1.29, 1.82) is 0 Å². The number of aryl methyl sites for hydroxylation is 1. The number of hydrogen-bond acceptors (Lipinski definition) is 4. The fraction of sp³-hybridized carbons (Fsp3) is 0.636. The lowest BCUT2D eigenvalue weighted by Gasteiger charge is -2.11. The Bertz CT molecular complexity index is 307. The summed E-state index contributed by atoms with van der Waals surface area (Å²) >= 11 is 0. The quantitative estimate of drug-likeness (QED) is 0.780. The van der Waals surface area contributed by atoms with E-state index in [1.54, 1.807) is 12.4 Å². The Morgan fingerprint density at radius 3 is 3.07 bits per heavy atom. The summed E-state index contributed by atoms with van der Waals surface area (Å²) in [6.45, 7) is 4.12. The van der Waals surface area contributed by atoms with Crippen LogP contribution in [0.5, 0.6) is 0 Å². The van der Waals surface area contributed by atoms with Crippen molar-refractivity contribution >= 4 is 5.82 Å². The fourth-order valence-electron chi connectivity index (χ4n) is 1.95. The normalized spacial score (nSPS) is 20.5. The molecule has 15 heavy (non-hydrogen) atoms. The Labute approximate surface area is 90.5 Å². The molecule has 2 rings (SSSR count). The van der Waals surface area contributed by atoms with E-state index in [9.17, 15) is 0 Å². The van der Waals surface area contributed by atoms with Gasteiger partial charge in [-0.1, -0.05) is 0 Å². The maximum absolute atomic E-state index is 4.25. The number of rotatable bonds is 4. The first-order chi connectivity index (χ1) is 7.36. The van der Waals surface area contributed by atoms with Crippen LogP contribution in [0.25, 0.3) is 0 Å². The van der Waals surface area contributed by atoms with Crippen molar-refractivity contribution in [3.63, 3.8) is 0 Å². The van der Waals surface area contributed by atoms with Crippen molar-refractivity contribution in [2.75, 3.05) is 18.4 Å². The number of anilines is 1. The van der Waals surface area contributed by atoms with Crippen LogP contribution in [0.3, 0.4) is 0 Å². The molecule has 0 aliphatic carbocycles. The topological polar surface area (TPSA) is 49.8 Å². The zero-order valence-corrected chi connectivity index (χ0v) is 9.16. The van der Waals surface area contributed by atoms with Gasteiger partial charge in [-0.3, -0.25) is 4.98 Å². The van der Waals surface area contributed by atoms with Crippen molar-refractivity contribution in [3.8, 4) is 0 Å². The van der Waals surface area contributed by atoms with Crippen molar-refractivity contribution in [3.05, 3.63) is 18.1 Å². The molecule has 0 bridgehead atoms. The monoisotopic (exact) mass is 206 g/mol. The molecule has 82 valence electrons. The Morgan fingerprint density at radius 2 is 2.33 bits per heavy atom. The molecular weight excluding hydrogens is 188 g/mol. The van der Waals surface area contributed by atoms with Gasteiger partial charge in [0.1, 0.15) is 5.82 Å². The third kappa shape index (κ3) is 2.89. The number of hydrogen-bond donors (Lipinski definition) is 2. The molecule has 1 saturated heterocycles. The minimum atomic E-state index is 0.689. The van der Waals surface area contributed by atoms with Crippen LogP contribution < -0.4 is 10.6 Å². The molecule has 1 fully saturated rings. The molecule has 1 aromatic heterocycles. The molecule has 1 atom stereocenters. The highest BCUT2D eigenvalue weighted by atomic mass is 15.0. The standard InChI is InChI=1S/C11H18N4/c1-9-11(15-8-7-12-9)14-6-4-10-3-2-5-13-10/h7-8,10,13H,2-6H2,1H3,(H,14,15)/t10-/m1/s1. The second-order valence-corrected chi connectivity index (χ2v) is 4.00. The summed E-state index contributed by atoms with van der Waals surface area (Å²) in [5.41, 5.74) is 0.969. The molecular formula is C11H18N4. The smallest absolute Gasteiger partial charge is 0.147 e. The summed E-state index contributed by atoms with van der Waals surface area (Å²) in [5, 5.41) is 6.81. The molecule has 0 saturated carbocycles. The van der Waals surface area contributed by atoms with E-state index >= 15 is 0 Å². The SMILES string of the molecule is Cc1nccnc1NCC[C@H]1CCCN1. The summed E-state index contributed by atoms with van der Waals surface area (Å²) in [6.07, 6.45) is 7.23. The number of nitrogens with zero attached hydrogens (tertiary/aromatic N) is 2. The van der Waals surface area contributed by atoms with E-state index in [1.165, 1.54) is 19.4 Å². The average molecular weight is 206 g/mol. The lowest BCUT2D eigenvalue weighted by molar-refractivity contribution is 0.574. The lowest BCUT2D eigenvalue weighted by atomic mass is 10.1. The molecule has 0 unspecified atom stereocenters. The van der Waals surface area contributed by atoms with E-state index in [4.69, 9.17) is 0 Å². The molecule has 2 N–H and O–H groups in total. The van der Waals surface area contributed by atoms with Crippen LogP contribution in [0.15, 0.2) is 12.4 Å². The van der Waals surface area contributed by atoms with Gasteiger partial charge in [-0.15, -0.1) is 0 Å². The van der Waals surface area contributed by atoms with Gasteiger partial charge in [0, 0.05) is 25.0 Å². The highest BCUT2D eigenvalue weighted by Gasteiger charge is 2.13. The van der Waals surface area contributed by atoms with Gasteiger partial charge < -0.3 is 10.6 Å². The Hall–Kier alpha value is -1.16. The maximum Gasteiger partial charge on any atom is 0.147 e. The summed E-state index contributed by atoms with van der Waals surface area (Å²) in [5.74, 6) is 0.912. The summed E-state index contributed by atoms with van der Waals surface area (Å²) in [6, 6.07) is 0.689. The highest BCUT2D eigenvalue weighted by Crippen LogP contribution is 2.10. The van der Waals surface area contributed by atoms with Gasteiger partial charge in [0.05, 0.1) is 5.69 Å². The predicted molar refractivity (Wildman–Crippen MR) is 60.9 cm³/mol. The van der Waals surface area contributed by atoms with Gasteiger partial charge in [0.25, 0.3) is 0 Å². The first-order valence-corrected chi connectivity index (χ1v) is 5.61. The predicted octanol–water partition coefficient (Wildman–Crippen LogP) is 1.34. The van der Waals surface area contributed by atoms with Crippen molar-refractivity contribution in [2.45, 2.75) is 32.2 Å². The number of aromatic nitrogens is 2. The van der Waals surface area contributed by atoms with Crippen LogP contribution in [0.4, 0.5) is 5.82 Å². The second-order valence-electron chi connectivity index (χ2n) is 4.00. The van der Waals surface area contributed by atoms with Crippen molar-refractivity contribution in [1.82, 2.24) is 15.3 Å². The molecule has 1 aliphatic heterocycles. The van der Waals surface area contributed by atoms with Crippen LogP contribution in [0, 0.1) is 6.92 Å². The Balaban J connectivity index is 1.75. The summed E-state index contributed by atoms with van der Waals surface area (Å²) < 4.78 is 0. The molecule has 0 spiro atoms. The van der Waals surface area contributed by atoms with E-state index in [0.29, 0.717) is 6.04 Å². The zero-order valence-electron chi connectivity index (χ0n) is 9.16. The van der Waals surface area contributed by atoms with Gasteiger partial charge in [-0.25, -0.2) is 4.98 Å². The minimum absolute atomic E-state index is 0.689. The highest BCUT2D eigenvalue weighted by molar-refractivity contribution is 5.37. The summed E-state index contributed by atoms with van der Waals surface area (Å²) in [7, 11) is 0. The molecule has 0 amide bonds. The van der Waals surface area contributed by atoms with E-state index < -0.39 is 0 Å². The molecule has 4 heteroatoms. The van der Waals surface area contributed by atoms with E-state index in [-0.39, 0.29) is 0 Å². The largest absolute Gasteiger partial charge is 0.369 e. The van der Waals surface area contributed by atoms with E-state index in [0.717, 1.165) is 24.5 Å². The molecule has 1 aromatic rings. The van der Waals surface area contributed by atoms with Gasteiger partial charge in [0.15, 0.2) is 0 Å². The third-order valence-electron chi connectivity index (χ3n) is 2.83. The van der Waals surface area contributed by atoms with Crippen molar-refractivity contribution in [2.24, 2.45) is 0 Å². The molecule has 2 heterocycles. The molecule has 0 radical (unpaired) electrons. The van der Waals surface area contributed by atoms with Gasteiger partial charge in [-0.2, -0.15) is 0 Å². The van der Waals surface area contributed by atoms with Crippen LogP contribution >= 0.6 is 0 Å². The first kappa shape index (κ1) is 10.4. The van der Waals surface area contributed by atoms with Crippen LogP contribution in [0.2, 0.25) is 0 Å². The molecule has 4 nitrogen and oxygen atoms in total. The maximum atomic E-state index is 4.25. The lowest BCUT2D eigenvalue weighted by Crippen LogP contribution is -2.24. The summed E-state index contributed by atoms with van der Waals surface area (Å²) in [4.78, 5) is 8.44. The van der Waals surface area contributed by atoms with Crippen LogP contribution in [-0.4, -0.2) is 29.1 Å². The van der Waals surface area contributed by atoms with E-state index in [2.05, 4.69) is 20.6 Å². The average Bonchev–Trinajstić information content (AvgIpc) is 2.74. The second kappa shape index (κ2) is 5.07. The minimum Gasteiger partial charge on any atom is -0.369 e. The fourth-order valence-corrected chi connectivity index (χ4v) is 1.95. The van der Waals surface area contributed by atoms with Crippen LogP contribution in [0.1, 0.15) is 25.0 Å². The van der Waals surface area contributed by atoms with Gasteiger partial charge in [0.2, 0.25) is 0 Å². The Kier molecular flexibility index (Phi) is 3.50. The zero-order chi connectivity index (χ0) is 10.5. The van der Waals surface area contributed by atoms with Crippen LogP contribution in [-0.2, 0) is 0 Å². The van der Waals surface area contributed by atoms with Crippen molar-refractivity contribution < 1.29 is 0 Å². The third-order valence-corrected chi connectivity index (χ3v) is 2.83. The van der Waals surface area contributed by atoms with E-state index in [1.807, 2.05) is 6.92 Å². The van der Waals surface area contributed by atoms with Gasteiger partial charge >= 0.3 is 0 Å². The Morgan fingerprint density at radius 1 is 1.47 bits per heavy atom. The number of nitrogens with one attached hydrogen (secondary N) is 2. The molecule has 1 aliphatic rings.